The Morgan fingerprint density at radius 1 is 1.22 bits per heavy atom. The molecule has 126 valence electrons. The lowest BCUT2D eigenvalue weighted by atomic mass is 9.93. The zero-order chi connectivity index (χ0) is 17.8. The zero-order valence-corrected chi connectivity index (χ0v) is 13.7. The van der Waals surface area contributed by atoms with Gasteiger partial charge < -0.3 is 24.2 Å². The van der Waals surface area contributed by atoms with Crippen LogP contribution in [0, 0.1) is 0 Å². The maximum atomic E-state index is 12.3. The number of phenols is 1. The van der Waals surface area contributed by atoms with Gasteiger partial charge in [0.1, 0.15) is 17.9 Å². The molecule has 7 nitrogen and oxygen atoms in total. The first-order valence-corrected chi connectivity index (χ1v) is 6.99. The smallest absolute Gasteiger partial charge is 0.343 e. The lowest BCUT2D eigenvalue weighted by Crippen LogP contribution is -2.57. The maximum absolute atomic E-state index is 12.3. The lowest BCUT2D eigenvalue weighted by molar-refractivity contribution is -0.875. The van der Waals surface area contributed by atoms with E-state index in [-0.39, 0.29) is 22.3 Å². The summed E-state index contributed by atoms with van der Waals surface area (Å²) in [5, 5.41) is 20.8. The number of esters is 1. The highest BCUT2D eigenvalue weighted by atomic mass is 16.6. The Morgan fingerprint density at radius 2 is 1.78 bits per heavy atom. The minimum atomic E-state index is -1.86. The van der Waals surface area contributed by atoms with E-state index in [1.807, 2.05) is 0 Å². The van der Waals surface area contributed by atoms with Crippen molar-refractivity contribution in [3.63, 3.8) is 0 Å². The van der Waals surface area contributed by atoms with Crippen molar-refractivity contribution in [1.82, 2.24) is 0 Å². The molecule has 0 aliphatic rings. The standard InChI is InChI=1S/C16H21NO6/c1-11(18)16(9-14(20)21,10-17(2,3)4)23-15(22)12-7-5-6-8-13(12)19/h5-8H,9-10H2,1-4H3,(H-,19,20,21,22)/t16-/m1/s1. The number of carbonyl (C=O) groups excluding carboxylic acids is 3. The topological polar surface area (TPSA) is 104 Å². The summed E-state index contributed by atoms with van der Waals surface area (Å²) < 4.78 is 5.46. The molecule has 1 rings (SSSR count). The van der Waals surface area contributed by atoms with Crippen molar-refractivity contribution < 1.29 is 33.8 Å². The Kier molecular flexibility index (Phi) is 5.50. The molecule has 0 radical (unpaired) electrons. The quantitative estimate of drug-likeness (QED) is 0.547. The highest BCUT2D eigenvalue weighted by molar-refractivity contribution is 5.97. The van der Waals surface area contributed by atoms with Crippen LogP contribution in [0.4, 0.5) is 0 Å². The Bertz CT molecular complexity index is 619. The van der Waals surface area contributed by atoms with Gasteiger partial charge in [-0.25, -0.2) is 4.79 Å². The van der Waals surface area contributed by atoms with Crippen molar-refractivity contribution >= 4 is 17.7 Å². The molecule has 1 atom stereocenters. The van der Waals surface area contributed by atoms with E-state index in [0.717, 1.165) is 6.92 Å². The Hall–Kier alpha value is -2.41. The van der Waals surface area contributed by atoms with Crippen LogP contribution in [-0.4, -0.2) is 60.6 Å². The molecular weight excluding hydrogens is 302 g/mol. The predicted molar refractivity (Wildman–Crippen MR) is 79.5 cm³/mol. The molecule has 0 aliphatic carbocycles. The molecule has 1 aromatic rings. The van der Waals surface area contributed by atoms with E-state index in [4.69, 9.17) is 4.74 Å². The van der Waals surface area contributed by atoms with Gasteiger partial charge in [-0.2, -0.15) is 0 Å². The van der Waals surface area contributed by atoms with Gasteiger partial charge in [0, 0.05) is 12.4 Å². The van der Waals surface area contributed by atoms with Gasteiger partial charge in [0.15, 0.2) is 5.78 Å². The van der Waals surface area contributed by atoms with Gasteiger partial charge in [0.2, 0.25) is 5.60 Å². The third-order valence-electron chi connectivity index (χ3n) is 3.21. The third-order valence-corrected chi connectivity index (χ3v) is 3.21. The SMILES string of the molecule is CC(=O)[C@@](CC(=O)[O-])(C[N+](C)(C)C)OC(=O)c1ccccc1O. The number of benzene rings is 1. The summed E-state index contributed by atoms with van der Waals surface area (Å²) in [7, 11) is 5.21. The molecule has 0 aromatic heterocycles. The van der Waals surface area contributed by atoms with E-state index in [1.165, 1.54) is 24.3 Å². The van der Waals surface area contributed by atoms with E-state index in [2.05, 4.69) is 0 Å². The number of hydrogen-bond acceptors (Lipinski definition) is 6. The molecule has 0 bridgehead atoms. The van der Waals surface area contributed by atoms with Crippen LogP contribution in [0.1, 0.15) is 23.7 Å². The zero-order valence-electron chi connectivity index (χ0n) is 13.7. The number of ether oxygens (including phenoxy) is 1. The molecule has 1 N–H and O–H groups in total. The van der Waals surface area contributed by atoms with Gasteiger partial charge in [-0.1, -0.05) is 12.1 Å². The molecule has 0 amide bonds. The first-order valence-electron chi connectivity index (χ1n) is 6.99. The molecular formula is C16H21NO6. The van der Waals surface area contributed by atoms with Gasteiger partial charge in [0.25, 0.3) is 0 Å². The van der Waals surface area contributed by atoms with E-state index in [1.54, 1.807) is 21.1 Å². The molecule has 0 saturated carbocycles. The number of carboxylic acids is 1. The van der Waals surface area contributed by atoms with Gasteiger partial charge in [-0.3, -0.25) is 4.79 Å². The Balaban J connectivity index is 3.23. The van der Waals surface area contributed by atoms with Gasteiger partial charge >= 0.3 is 5.97 Å². The van der Waals surface area contributed by atoms with E-state index in [0.29, 0.717) is 0 Å². The molecule has 23 heavy (non-hydrogen) atoms. The van der Waals surface area contributed by atoms with Crippen molar-refractivity contribution in [2.45, 2.75) is 18.9 Å². The van der Waals surface area contributed by atoms with Crippen LogP contribution in [0.2, 0.25) is 0 Å². The second-order valence-electron chi connectivity index (χ2n) is 6.45. The number of para-hydroxylation sites is 1. The van der Waals surface area contributed by atoms with Crippen LogP contribution in [-0.2, 0) is 14.3 Å². The van der Waals surface area contributed by atoms with Crippen LogP contribution in [0.5, 0.6) is 5.75 Å². The average Bonchev–Trinajstić information content (AvgIpc) is 2.35. The largest absolute Gasteiger partial charge is 0.550 e. The predicted octanol–water partition coefficient (Wildman–Crippen LogP) is -0.277. The number of carbonyl (C=O) groups is 3. The number of Topliss-reactive ketones (excluding diaryl/α,β-unsaturated/α-hetero) is 1. The number of nitrogens with zero attached hydrogens (tertiary/aromatic N) is 1. The molecule has 0 unspecified atom stereocenters. The number of aliphatic carboxylic acids is 1. The van der Waals surface area contributed by atoms with E-state index in [9.17, 15) is 24.6 Å². The van der Waals surface area contributed by atoms with Crippen molar-refractivity contribution in [1.29, 1.82) is 0 Å². The molecule has 1 aromatic carbocycles. The fourth-order valence-electron chi connectivity index (χ4n) is 2.31. The molecule has 0 saturated heterocycles. The number of rotatable bonds is 7. The summed E-state index contributed by atoms with van der Waals surface area (Å²) in [5.74, 6) is -3.38. The van der Waals surface area contributed by atoms with Crippen LogP contribution in [0.3, 0.4) is 0 Å². The summed E-state index contributed by atoms with van der Waals surface area (Å²) in [5.41, 5.74) is -2.01. The maximum Gasteiger partial charge on any atom is 0.343 e. The minimum Gasteiger partial charge on any atom is -0.550 e. The number of phenolic OH excluding ortho intramolecular Hbond substituents is 1. The second-order valence-corrected chi connectivity index (χ2v) is 6.45. The van der Waals surface area contributed by atoms with E-state index < -0.39 is 29.7 Å². The fourth-order valence-corrected chi connectivity index (χ4v) is 2.31. The van der Waals surface area contributed by atoms with Crippen molar-refractivity contribution in [3.8, 4) is 5.75 Å². The number of hydrogen-bond donors (Lipinski definition) is 1. The van der Waals surface area contributed by atoms with Gasteiger partial charge in [0.05, 0.1) is 21.1 Å². The van der Waals surface area contributed by atoms with Crippen LogP contribution < -0.4 is 5.11 Å². The van der Waals surface area contributed by atoms with E-state index >= 15 is 0 Å². The first-order chi connectivity index (χ1) is 10.5. The third kappa shape index (κ3) is 5.07. The number of likely N-dealkylation sites (N-methyl/N-ethyl adjacent to an activating group) is 1. The highest BCUT2D eigenvalue weighted by Crippen LogP contribution is 2.25. The molecule has 0 spiro atoms. The lowest BCUT2D eigenvalue weighted by Gasteiger charge is -2.37. The number of aromatic hydroxyl groups is 1. The summed E-state index contributed by atoms with van der Waals surface area (Å²) >= 11 is 0. The van der Waals surface area contributed by atoms with Crippen molar-refractivity contribution in [3.05, 3.63) is 29.8 Å². The van der Waals surface area contributed by atoms with Crippen LogP contribution >= 0.6 is 0 Å². The first kappa shape index (κ1) is 18.6. The Labute approximate surface area is 134 Å². The number of quaternary nitrogens is 1. The highest BCUT2D eigenvalue weighted by Gasteiger charge is 2.45. The van der Waals surface area contributed by atoms with Crippen LogP contribution in [0.25, 0.3) is 0 Å². The summed E-state index contributed by atoms with van der Waals surface area (Å²) in [6, 6.07) is 5.67. The Morgan fingerprint density at radius 3 is 2.22 bits per heavy atom. The van der Waals surface area contributed by atoms with Crippen LogP contribution in [0.15, 0.2) is 24.3 Å². The summed E-state index contributed by atoms with van der Waals surface area (Å²) in [4.78, 5) is 35.5. The minimum absolute atomic E-state index is 0.0460. The molecule has 0 aliphatic heterocycles. The summed E-state index contributed by atoms with van der Waals surface area (Å²) in [6.07, 6.45) is -0.753. The molecule has 0 heterocycles. The van der Waals surface area contributed by atoms with Crippen molar-refractivity contribution in [2.75, 3.05) is 27.7 Å². The average molecular weight is 323 g/mol. The molecule has 7 heteroatoms. The van der Waals surface area contributed by atoms with Gasteiger partial charge in [-0.15, -0.1) is 0 Å². The fraction of sp³-hybridized carbons (Fsp3) is 0.438. The number of ketones is 1. The summed E-state index contributed by atoms with van der Waals surface area (Å²) in [6.45, 7) is 1.12. The van der Waals surface area contributed by atoms with Gasteiger partial charge in [-0.05, 0) is 19.1 Å². The number of carboxylic acid groups (broad SMARTS) is 1. The second kappa shape index (κ2) is 6.78. The van der Waals surface area contributed by atoms with Crippen molar-refractivity contribution in [2.24, 2.45) is 0 Å². The normalized spacial score (nSPS) is 13.9. The monoisotopic (exact) mass is 323 g/mol. The molecule has 0 fully saturated rings.